The first-order valence-corrected chi connectivity index (χ1v) is 14.6. The molecule has 1 amide bonds. The molecule has 2 aliphatic carbocycles. The van der Waals surface area contributed by atoms with Crippen LogP contribution in [0.4, 0.5) is 0 Å². The molecule has 2 N–H and O–H groups in total. The summed E-state index contributed by atoms with van der Waals surface area (Å²) in [6.07, 6.45) is 7.72. The highest BCUT2D eigenvalue weighted by Gasteiger charge is 2.51. The monoisotopic (exact) mass is 520 g/mol. The molecule has 6 heteroatoms. The van der Waals surface area contributed by atoms with Gasteiger partial charge in [0.15, 0.2) is 6.61 Å². The van der Waals surface area contributed by atoms with E-state index in [4.69, 9.17) is 9.47 Å². The second kappa shape index (κ2) is 12.2. The molecule has 1 saturated carbocycles. The summed E-state index contributed by atoms with van der Waals surface area (Å²) in [5.74, 6) is 1.14. The van der Waals surface area contributed by atoms with Crippen molar-refractivity contribution >= 4 is 5.91 Å². The van der Waals surface area contributed by atoms with Gasteiger partial charge in [-0.3, -0.25) is 9.69 Å². The van der Waals surface area contributed by atoms with E-state index in [1.165, 1.54) is 16.7 Å². The highest BCUT2D eigenvalue weighted by molar-refractivity contribution is 5.77. The molecule has 1 saturated heterocycles. The zero-order valence-electron chi connectivity index (χ0n) is 22.9. The molecule has 3 aliphatic rings. The molecule has 0 aromatic heterocycles. The SMILES string of the molecule is CCC[C@@]1(O)CC[C@@]2(Cc3ccccc3)c3ccc(OCC(=O)NCCN4CCOCC4)cc3CC[C@@H]2C1. The molecule has 3 atom stereocenters. The lowest BCUT2D eigenvalue weighted by atomic mass is 9.52. The third kappa shape index (κ3) is 6.24. The van der Waals surface area contributed by atoms with Gasteiger partial charge in [-0.2, -0.15) is 0 Å². The molecule has 2 fully saturated rings. The molecule has 1 aliphatic heterocycles. The van der Waals surface area contributed by atoms with E-state index in [1.54, 1.807) is 0 Å². The zero-order chi connectivity index (χ0) is 26.4. The summed E-state index contributed by atoms with van der Waals surface area (Å²) >= 11 is 0. The maximum atomic E-state index is 12.4. The van der Waals surface area contributed by atoms with Gasteiger partial charge in [-0.25, -0.2) is 0 Å². The number of hydrogen-bond acceptors (Lipinski definition) is 5. The molecule has 6 nitrogen and oxygen atoms in total. The van der Waals surface area contributed by atoms with E-state index in [1.807, 2.05) is 6.07 Å². The van der Waals surface area contributed by atoms with Gasteiger partial charge in [0.2, 0.25) is 0 Å². The van der Waals surface area contributed by atoms with Crippen LogP contribution in [0.2, 0.25) is 0 Å². The van der Waals surface area contributed by atoms with Crippen LogP contribution >= 0.6 is 0 Å². The number of amides is 1. The number of fused-ring (bicyclic) bond motifs is 3. The normalized spacial score (nSPS) is 27.3. The first-order valence-electron chi connectivity index (χ1n) is 14.6. The molecular formula is C32H44N2O4. The summed E-state index contributed by atoms with van der Waals surface area (Å²) in [7, 11) is 0. The Bertz CT molecular complexity index is 1070. The van der Waals surface area contributed by atoms with Crippen LogP contribution in [0.3, 0.4) is 0 Å². The Morgan fingerprint density at radius 2 is 1.97 bits per heavy atom. The lowest BCUT2D eigenvalue weighted by Crippen LogP contribution is -2.51. The van der Waals surface area contributed by atoms with E-state index < -0.39 is 5.60 Å². The molecule has 5 rings (SSSR count). The van der Waals surface area contributed by atoms with Crippen molar-refractivity contribution in [1.82, 2.24) is 10.2 Å². The summed E-state index contributed by atoms with van der Waals surface area (Å²) in [6, 6.07) is 17.3. The first-order chi connectivity index (χ1) is 18.5. The van der Waals surface area contributed by atoms with E-state index in [-0.39, 0.29) is 17.9 Å². The van der Waals surface area contributed by atoms with Gasteiger partial charge in [-0.1, -0.05) is 49.7 Å². The molecule has 0 bridgehead atoms. The van der Waals surface area contributed by atoms with Crippen molar-refractivity contribution in [1.29, 1.82) is 0 Å². The molecule has 38 heavy (non-hydrogen) atoms. The van der Waals surface area contributed by atoms with Crippen molar-refractivity contribution in [3.63, 3.8) is 0 Å². The van der Waals surface area contributed by atoms with E-state index >= 15 is 0 Å². The minimum atomic E-state index is -0.532. The average molecular weight is 521 g/mol. The highest BCUT2D eigenvalue weighted by Crippen LogP contribution is 2.55. The first kappa shape index (κ1) is 27.2. The number of morpholine rings is 1. The summed E-state index contributed by atoms with van der Waals surface area (Å²) in [6.45, 7) is 7.05. The minimum Gasteiger partial charge on any atom is -0.484 e. The summed E-state index contributed by atoms with van der Waals surface area (Å²) < 4.78 is 11.3. The van der Waals surface area contributed by atoms with Crippen LogP contribution in [0, 0.1) is 5.92 Å². The van der Waals surface area contributed by atoms with Crippen molar-refractivity contribution in [3.05, 3.63) is 65.2 Å². The van der Waals surface area contributed by atoms with Crippen LogP contribution in [0.5, 0.6) is 5.75 Å². The molecule has 1 heterocycles. The number of aryl methyl sites for hydroxylation is 1. The topological polar surface area (TPSA) is 71.0 Å². The Hall–Kier alpha value is -2.41. The van der Waals surface area contributed by atoms with Gasteiger partial charge >= 0.3 is 0 Å². The summed E-state index contributed by atoms with van der Waals surface area (Å²) in [5, 5.41) is 14.4. The molecule has 206 valence electrons. The fourth-order valence-electron chi connectivity index (χ4n) is 7.19. The second-order valence-electron chi connectivity index (χ2n) is 11.6. The number of benzene rings is 2. The van der Waals surface area contributed by atoms with Crippen molar-refractivity contribution in [2.24, 2.45) is 5.92 Å². The number of ether oxygens (including phenoxy) is 2. The predicted molar refractivity (Wildman–Crippen MR) is 150 cm³/mol. The van der Waals surface area contributed by atoms with Gasteiger partial charge in [-0.05, 0) is 79.7 Å². The zero-order valence-corrected chi connectivity index (χ0v) is 22.9. The number of hydrogen-bond donors (Lipinski definition) is 2. The predicted octanol–water partition coefficient (Wildman–Crippen LogP) is 4.27. The number of nitrogens with one attached hydrogen (secondary N) is 1. The minimum absolute atomic E-state index is 0.0315. The van der Waals surface area contributed by atoms with Crippen LogP contribution in [-0.4, -0.2) is 67.5 Å². The standard InChI is InChI=1S/C32H44N2O4/c1-2-12-31(36)13-14-32(22-25-6-4-3-5-7-25)27(23-31)9-8-26-21-28(10-11-29(26)32)38-24-30(35)33-15-16-34-17-19-37-20-18-34/h3-7,10-11,21,27,36H,2,8-9,12-20,22-24H2,1H3,(H,33,35)/t27-,31-,32+/m1/s1. The van der Waals surface area contributed by atoms with Gasteiger partial charge in [0.05, 0.1) is 18.8 Å². The van der Waals surface area contributed by atoms with Gasteiger partial charge in [0.1, 0.15) is 5.75 Å². The second-order valence-corrected chi connectivity index (χ2v) is 11.6. The number of nitrogens with zero attached hydrogens (tertiary/aromatic N) is 1. The van der Waals surface area contributed by atoms with Gasteiger partial charge in [0, 0.05) is 31.6 Å². The van der Waals surface area contributed by atoms with Crippen molar-refractivity contribution in [2.45, 2.75) is 69.3 Å². The van der Waals surface area contributed by atoms with Gasteiger partial charge in [0.25, 0.3) is 5.91 Å². The Morgan fingerprint density at radius 3 is 2.76 bits per heavy atom. The number of rotatable bonds is 10. The molecule has 0 spiro atoms. The van der Waals surface area contributed by atoms with E-state index in [0.717, 1.165) is 90.0 Å². The number of carbonyl (C=O) groups excluding carboxylic acids is 1. The molecule has 0 unspecified atom stereocenters. The smallest absolute Gasteiger partial charge is 0.257 e. The number of aliphatic hydroxyl groups is 1. The van der Waals surface area contributed by atoms with E-state index in [9.17, 15) is 9.90 Å². The maximum Gasteiger partial charge on any atom is 0.257 e. The maximum absolute atomic E-state index is 12.4. The number of carbonyl (C=O) groups is 1. The largest absolute Gasteiger partial charge is 0.484 e. The van der Waals surface area contributed by atoms with Crippen molar-refractivity contribution in [2.75, 3.05) is 46.0 Å². The van der Waals surface area contributed by atoms with Crippen LogP contribution in [0.15, 0.2) is 48.5 Å². The highest BCUT2D eigenvalue weighted by atomic mass is 16.5. The molecule has 0 radical (unpaired) electrons. The van der Waals surface area contributed by atoms with E-state index in [2.05, 4.69) is 59.6 Å². The van der Waals surface area contributed by atoms with Crippen LogP contribution in [0.25, 0.3) is 0 Å². The van der Waals surface area contributed by atoms with Crippen LogP contribution in [0.1, 0.15) is 62.1 Å². The van der Waals surface area contributed by atoms with Gasteiger partial charge < -0.3 is 19.9 Å². The van der Waals surface area contributed by atoms with E-state index in [0.29, 0.717) is 12.5 Å². The summed E-state index contributed by atoms with van der Waals surface area (Å²) in [4.78, 5) is 14.7. The van der Waals surface area contributed by atoms with Crippen LogP contribution < -0.4 is 10.1 Å². The van der Waals surface area contributed by atoms with Gasteiger partial charge in [-0.15, -0.1) is 0 Å². The van der Waals surface area contributed by atoms with Crippen molar-refractivity contribution in [3.8, 4) is 5.75 Å². The lowest BCUT2D eigenvalue weighted by Gasteiger charge is -2.53. The fraction of sp³-hybridized carbons (Fsp3) is 0.594. The molecular weight excluding hydrogens is 476 g/mol. The molecule has 2 aromatic carbocycles. The Kier molecular flexibility index (Phi) is 8.71. The third-order valence-electron chi connectivity index (χ3n) is 9.12. The lowest BCUT2D eigenvalue weighted by molar-refractivity contribution is -0.123. The Labute approximate surface area is 227 Å². The fourth-order valence-corrected chi connectivity index (χ4v) is 7.19. The average Bonchev–Trinajstić information content (AvgIpc) is 2.93. The summed E-state index contributed by atoms with van der Waals surface area (Å²) in [5.41, 5.74) is 3.61. The van der Waals surface area contributed by atoms with Crippen molar-refractivity contribution < 1.29 is 19.4 Å². The Morgan fingerprint density at radius 1 is 1.16 bits per heavy atom. The Balaban J connectivity index is 1.26. The van der Waals surface area contributed by atoms with Crippen LogP contribution in [-0.2, 0) is 27.8 Å². The quantitative estimate of drug-likeness (QED) is 0.490. The third-order valence-corrected chi connectivity index (χ3v) is 9.12. The molecule has 2 aromatic rings.